The Labute approximate surface area is 103 Å². The first kappa shape index (κ1) is 13.7. The summed E-state index contributed by atoms with van der Waals surface area (Å²) in [6.45, 7) is 0. The number of benzene rings is 1. The van der Waals surface area contributed by atoms with Gasteiger partial charge in [0.2, 0.25) is 0 Å². The van der Waals surface area contributed by atoms with E-state index in [0.717, 1.165) is 4.47 Å². The summed E-state index contributed by atoms with van der Waals surface area (Å²) >= 11 is 1.81. The zero-order valence-corrected chi connectivity index (χ0v) is 10.5. The molecule has 0 nitrogen and oxygen atoms in total. The van der Waals surface area contributed by atoms with E-state index >= 15 is 0 Å². The van der Waals surface area contributed by atoms with E-state index < -0.39 is 34.6 Å². The van der Waals surface area contributed by atoms with Gasteiger partial charge in [0, 0.05) is 0 Å². The van der Waals surface area contributed by atoms with Crippen LogP contribution in [-0.4, -0.2) is 22.3 Å². The molecule has 1 radical (unpaired) electrons. The van der Waals surface area contributed by atoms with Crippen molar-refractivity contribution in [3.8, 4) is 0 Å². The van der Waals surface area contributed by atoms with Gasteiger partial charge in [-0.2, -0.15) is 0 Å². The first-order chi connectivity index (χ1) is 7.50. The number of hydrogen-bond donors (Lipinski definition) is 0. The molecular formula is C10H8F5Te. The van der Waals surface area contributed by atoms with Crippen molar-refractivity contribution in [1.29, 1.82) is 0 Å². The van der Waals surface area contributed by atoms with Crippen LogP contribution < -0.4 is 0 Å². The van der Waals surface area contributed by atoms with E-state index in [1.165, 1.54) is 0 Å². The van der Waals surface area contributed by atoms with Gasteiger partial charge in [0.05, 0.1) is 0 Å². The summed E-state index contributed by atoms with van der Waals surface area (Å²) in [6, 6.07) is 0. The summed E-state index contributed by atoms with van der Waals surface area (Å²) in [4.78, 5) is 0. The van der Waals surface area contributed by atoms with Crippen molar-refractivity contribution in [2.24, 2.45) is 0 Å². The van der Waals surface area contributed by atoms with E-state index in [1.807, 2.05) is 22.3 Å². The minimum absolute atomic E-state index is 0.138. The summed E-state index contributed by atoms with van der Waals surface area (Å²) in [7, 11) is 0. The predicted octanol–water partition coefficient (Wildman–Crippen LogP) is 3.29. The van der Waals surface area contributed by atoms with Gasteiger partial charge in [0.1, 0.15) is 0 Å². The molecule has 0 saturated heterocycles. The van der Waals surface area contributed by atoms with Crippen LogP contribution in [0.5, 0.6) is 0 Å². The maximum absolute atomic E-state index is 13.1. The molecule has 6 heteroatoms. The first-order valence-corrected chi connectivity index (χ1v) is 6.23. The van der Waals surface area contributed by atoms with E-state index in [9.17, 15) is 22.0 Å². The maximum atomic E-state index is 13.1. The second-order valence-electron chi connectivity index (χ2n) is 3.21. The van der Waals surface area contributed by atoms with Crippen molar-refractivity contribution in [1.82, 2.24) is 0 Å². The second kappa shape index (κ2) is 5.83. The fraction of sp³-hybridized carbons (Fsp3) is 0.400. The number of rotatable bonds is 4. The van der Waals surface area contributed by atoms with Gasteiger partial charge < -0.3 is 0 Å². The van der Waals surface area contributed by atoms with Crippen LogP contribution in [0.15, 0.2) is 0 Å². The summed E-state index contributed by atoms with van der Waals surface area (Å²) in [6.07, 6.45) is 0.947. The molecule has 0 unspecified atom stereocenters. The SMILES string of the molecule is Fc1c(F)c(F)c(CCCC[Te])c(F)c1F. The van der Waals surface area contributed by atoms with Crippen LogP contribution in [0.3, 0.4) is 0 Å². The molecule has 1 aromatic carbocycles. The van der Waals surface area contributed by atoms with Crippen molar-refractivity contribution in [3.63, 3.8) is 0 Å². The number of hydrogen-bond acceptors (Lipinski definition) is 0. The van der Waals surface area contributed by atoms with Crippen LogP contribution in [0, 0.1) is 29.1 Å². The van der Waals surface area contributed by atoms with Crippen LogP contribution in [0.4, 0.5) is 22.0 Å². The summed E-state index contributed by atoms with van der Waals surface area (Å²) in [5, 5.41) is 0. The molecule has 0 saturated carbocycles. The quantitative estimate of drug-likeness (QED) is 0.257. The molecule has 89 valence electrons. The van der Waals surface area contributed by atoms with E-state index in [-0.39, 0.29) is 6.42 Å². The van der Waals surface area contributed by atoms with Gasteiger partial charge in [-0.05, 0) is 0 Å². The third-order valence-corrected chi connectivity index (χ3v) is 2.95. The van der Waals surface area contributed by atoms with E-state index in [0.29, 0.717) is 12.8 Å². The third-order valence-electron chi connectivity index (χ3n) is 2.12. The molecule has 1 rings (SSSR count). The van der Waals surface area contributed by atoms with Crippen LogP contribution in [0.1, 0.15) is 18.4 Å². The molecule has 0 aliphatic rings. The molecule has 0 spiro atoms. The van der Waals surface area contributed by atoms with Gasteiger partial charge in [-0.3, -0.25) is 0 Å². The van der Waals surface area contributed by atoms with Crippen LogP contribution in [-0.2, 0) is 6.42 Å². The molecule has 0 atom stereocenters. The van der Waals surface area contributed by atoms with E-state index in [1.54, 1.807) is 0 Å². The normalized spacial score (nSPS) is 10.9. The molecule has 0 aliphatic carbocycles. The zero-order valence-electron chi connectivity index (χ0n) is 8.13. The van der Waals surface area contributed by atoms with Crippen LogP contribution >= 0.6 is 0 Å². The Morgan fingerprint density at radius 1 is 0.688 bits per heavy atom. The Hall–Kier alpha value is -0.340. The van der Waals surface area contributed by atoms with Crippen molar-refractivity contribution in [2.45, 2.75) is 23.7 Å². The molecule has 0 N–H and O–H groups in total. The standard InChI is InChI=1S/C10H8F5Te/c11-6-5(3-1-2-4-16)7(12)9(14)10(15)8(6)13/h1-4H2. The van der Waals surface area contributed by atoms with Crippen LogP contribution in [0.25, 0.3) is 0 Å². The van der Waals surface area contributed by atoms with E-state index in [4.69, 9.17) is 0 Å². The van der Waals surface area contributed by atoms with Crippen molar-refractivity contribution in [2.75, 3.05) is 0 Å². The topological polar surface area (TPSA) is 0 Å². The molecule has 16 heavy (non-hydrogen) atoms. The van der Waals surface area contributed by atoms with Gasteiger partial charge in [0.15, 0.2) is 0 Å². The van der Waals surface area contributed by atoms with Gasteiger partial charge in [-0.15, -0.1) is 0 Å². The average molecular weight is 351 g/mol. The summed E-state index contributed by atoms with van der Waals surface area (Å²) in [5.74, 6) is -9.27. The third kappa shape index (κ3) is 2.67. The summed E-state index contributed by atoms with van der Waals surface area (Å²) in [5.41, 5.74) is -0.717. The monoisotopic (exact) mass is 353 g/mol. The Morgan fingerprint density at radius 3 is 1.56 bits per heavy atom. The Kier molecular flexibility index (Phi) is 5.00. The van der Waals surface area contributed by atoms with Crippen LogP contribution in [0.2, 0.25) is 4.47 Å². The Balaban J connectivity index is 3.08. The molecule has 0 amide bonds. The van der Waals surface area contributed by atoms with Crippen molar-refractivity contribution >= 4 is 22.3 Å². The number of unbranched alkanes of at least 4 members (excludes halogenated alkanes) is 1. The fourth-order valence-electron chi connectivity index (χ4n) is 1.27. The molecule has 0 bridgehead atoms. The summed E-state index contributed by atoms with van der Waals surface area (Å²) < 4.78 is 65.2. The first-order valence-electron chi connectivity index (χ1n) is 4.59. The number of halogens is 5. The average Bonchev–Trinajstić information content (AvgIpc) is 2.28. The molecule has 1 aromatic rings. The molecule has 0 aromatic heterocycles. The molecular weight excluding hydrogens is 343 g/mol. The fourth-order valence-corrected chi connectivity index (χ4v) is 1.86. The molecule has 0 heterocycles. The minimum atomic E-state index is -2.10. The van der Waals surface area contributed by atoms with Gasteiger partial charge in [-0.25, -0.2) is 0 Å². The second-order valence-corrected chi connectivity index (χ2v) is 4.37. The van der Waals surface area contributed by atoms with Crippen molar-refractivity contribution < 1.29 is 22.0 Å². The molecule has 0 fully saturated rings. The molecule has 0 aliphatic heterocycles. The van der Waals surface area contributed by atoms with Crippen molar-refractivity contribution in [3.05, 3.63) is 34.6 Å². The van der Waals surface area contributed by atoms with E-state index in [2.05, 4.69) is 0 Å². The zero-order chi connectivity index (χ0) is 12.3. The predicted molar refractivity (Wildman–Crippen MR) is 49.7 cm³/mol. The Bertz CT molecular complexity index is 362. The van der Waals surface area contributed by atoms with Gasteiger partial charge in [-0.1, -0.05) is 0 Å². The Morgan fingerprint density at radius 2 is 1.12 bits per heavy atom. The van der Waals surface area contributed by atoms with Gasteiger partial charge >= 0.3 is 103 Å². The van der Waals surface area contributed by atoms with Gasteiger partial charge in [0.25, 0.3) is 0 Å².